The molecule has 1 fully saturated rings. The Kier molecular flexibility index (Phi) is 4.83. The Bertz CT molecular complexity index is 528. The monoisotopic (exact) mass is 308 g/mol. The normalized spacial score (nSPS) is 18.3. The smallest absolute Gasteiger partial charge is 0.206 e. The van der Waals surface area contributed by atoms with Crippen molar-refractivity contribution in [2.75, 3.05) is 18.5 Å². The fourth-order valence-electron chi connectivity index (χ4n) is 1.97. The predicted octanol–water partition coefficient (Wildman–Crippen LogP) is 2.82. The molecule has 0 aliphatic carbocycles. The molecule has 0 radical (unpaired) electrons. The van der Waals surface area contributed by atoms with Crippen LogP contribution in [0.5, 0.6) is 0 Å². The summed E-state index contributed by atoms with van der Waals surface area (Å²) in [7, 11) is 0. The van der Waals surface area contributed by atoms with Gasteiger partial charge in [-0.2, -0.15) is 0 Å². The number of anilines is 1. The quantitative estimate of drug-likeness (QED) is 0.828. The molecular formula is C13H16N4OS2. The number of thioether (sulfide) groups is 1. The highest BCUT2D eigenvalue weighted by atomic mass is 32.2. The summed E-state index contributed by atoms with van der Waals surface area (Å²) in [6, 6.07) is 5.94. The Balaban J connectivity index is 1.46. The van der Waals surface area contributed by atoms with Gasteiger partial charge in [0.15, 0.2) is 4.34 Å². The second-order valence-electron chi connectivity index (χ2n) is 4.50. The van der Waals surface area contributed by atoms with E-state index in [1.807, 2.05) is 24.4 Å². The number of pyridine rings is 1. The van der Waals surface area contributed by atoms with Gasteiger partial charge in [0.05, 0.1) is 11.8 Å². The second kappa shape index (κ2) is 7.01. The van der Waals surface area contributed by atoms with E-state index in [1.54, 1.807) is 23.1 Å². The van der Waals surface area contributed by atoms with Gasteiger partial charge in [-0.1, -0.05) is 29.2 Å². The molecule has 0 amide bonds. The minimum atomic E-state index is 0.323. The van der Waals surface area contributed by atoms with Crippen LogP contribution in [0.3, 0.4) is 0 Å². The molecule has 0 saturated carbocycles. The molecular weight excluding hydrogens is 292 g/mol. The highest BCUT2D eigenvalue weighted by molar-refractivity contribution is 8.00. The average Bonchev–Trinajstić information content (AvgIpc) is 3.16. The lowest BCUT2D eigenvalue weighted by Crippen LogP contribution is -2.18. The van der Waals surface area contributed by atoms with Gasteiger partial charge < -0.3 is 10.1 Å². The van der Waals surface area contributed by atoms with Crippen molar-refractivity contribution in [3.63, 3.8) is 0 Å². The zero-order chi connectivity index (χ0) is 13.6. The van der Waals surface area contributed by atoms with Crippen molar-refractivity contribution in [1.29, 1.82) is 0 Å². The minimum absolute atomic E-state index is 0.323. The van der Waals surface area contributed by atoms with E-state index in [0.29, 0.717) is 6.10 Å². The van der Waals surface area contributed by atoms with Gasteiger partial charge >= 0.3 is 0 Å². The van der Waals surface area contributed by atoms with Crippen molar-refractivity contribution in [3.05, 3.63) is 30.1 Å². The maximum absolute atomic E-state index is 5.57. The average molecular weight is 308 g/mol. The lowest BCUT2D eigenvalue weighted by atomic mass is 10.2. The molecule has 0 aromatic carbocycles. The summed E-state index contributed by atoms with van der Waals surface area (Å²) in [6.45, 7) is 1.70. The Hall–Kier alpha value is -1.18. The molecule has 1 saturated heterocycles. The molecule has 3 heterocycles. The van der Waals surface area contributed by atoms with Crippen LogP contribution >= 0.6 is 23.1 Å². The number of nitrogens with one attached hydrogen (secondary N) is 1. The number of rotatable bonds is 6. The Morgan fingerprint density at radius 2 is 2.40 bits per heavy atom. The third kappa shape index (κ3) is 3.91. The lowest BCUT2D eigenvalue weighted by molar-refractivity contribution is 0.120. The highest BCUT2D eigenvalue weighted by Crippen LogP contribution is 2.28. The molecule has 20 heavy (non-hydrogen) atoms. The van der Waals surface area contributed by atoms with Gasteiger partial charge in [0.2, 0.25) is 5.13 Å². The minimum Gasteiger partial charge on any atom is -0.376 e. The topological polar surface area (TPSA) is 59.9 Å². The molecule has 1 aliphatic rings. The first kappa shape index (κ1) is 13.8. The molecule has 0 spiro atoms. The molecule has 2 aromatic rings. The number of ether oxygens (including phenoxy) is 1. The van der Waals surface area contributed by atoms with Crippen LogP contribution in [-0.2, 0) is 10.5 Å². The van der Waals surface area contributed by atoms with Crippen LogP contribution in [0.4, 0.5) is 5.13 Å². The van der Waals surface area contributed by atoms with E-state index >= 15 is 0 Å². The summed E-state index contributed by atoms with van der Waals surface area (Å²) >= 11 is 3.25. The van der Waals surface area contributed by atoms with E-state index in [-0.39, 0.29) is 0 Å². The predicted molar refractivity (Wildman–Crippen MR) is 81.2 cm³/mol. The number of nitrogens with zero attached hydrogens (tertiary/aromatic N) is 3. The lowest BCUT2D eigenvalue weighted by Gasteiger charge is -2.08. The summed E-state index contributed by atoms with van der Waals surface area (Å²) in [5.41, 5.74) is 1.06. The van der Waals surface area contributed by atoms with E-state index in [9.17, 15) is 0 Å². The molecule has 1 N–H and O–H groups in total. The summed E-state index contributed by atoms with van der Waals surface area (Å²) in [5.74, 6) is 0.821. The number of hydrogen-bond donors (Lipinski definition) is 1. The zero-order valence-electron chi connectivity index (χ0n) is 11.0. The first-order chi connectivity index (χ1) is 9.90. The van der Waals surface area contributed by atoms with Gasteiger partial charge in [-0.25, -0.2) is 0 Å². The maximum Gasteiger partial charge on any atom is 0.206 e. The van der Waals surface area contributed by atoms with Gasteiger partial charge in [0.25, 0.3) is 0 Å². The third-order valence-electron chi connectivity index (χ3n) is 2.98. The Morgan fingerprint density at radius 1 is 1.40 bits per heavy atom. The largest absolute Gasteiger partial charge is 0.376 e. The Labute approximate surface area is 126 Å². The van der Waals surface area contributed by atoms with E-state index in [1.165, 1.54) is 0 Å². The summed E-state index contributed by atoms with van der Waals surface area (Å²) in [4.78, 5) is 4.29. The molecule has 1 unspecified atom stereocenters. The van der Waals surface area contributed by atoms with Gasteiger partial charge in [0.1, 0.15) is 0 Å². The van der Waals surface area contributed by atoms with E-state index < -0.39 is 0 Å². The molecule has 1 atom stereocenters. The zero-order valence-corrected chi connectivity index (χ0v) is 12.6. The highest BCUT2D eigenvalue weighted by Gasteiger charge is 2.15. The first-order valence-electron chi connectivity index (χ1n) is 6.62. The molecule has 0 bridgehead atoms. The summed E-state index contributed by atoms with van der Waals surface area (Å²) in [5, 5.41) is 12.5. The molecule has 5 nitrogen and oxygen atoms in total. The van der Waals surface area contributed by atoms with Crippen molar-refractivity contribution in [3.8, 4) is 0 Å². The second-order valence-corrected chi connectivity index (χ2v) is 6.70. The standard InChI is InChI=1S/C13H16N4OS2/c1-2-6-14-10(4-1)9-19-13-17-16-12(20-13)15-8-11-5-3-7-18-11/h1-2,4,6,11H,3,5,7-9H2,(H,15,16). The first-order valence-corrected chi connectivity index (χ1v) is 8.42. The molecule has 3 rings (SSSR count). The van der Waals surface area contributed by atoms with Gasteiger partial charge in [0, 0.05) is 25.1 Å². The fourth-order valence-corrected chi connectivity index (χ4v) is 3.64. The van der Waals surface area contributed by atoms with Crippen LogP contribution in [0.2, 0.25) is 0 Å². The van der Waals surface area contributed by atoms with Crippen LogP contribution in [0, 0.1) is 0 Å². The van der Waals surface area contributed by atoms with Crippen molar-refractivity contribution < 1.29 is 4.74 Å². The summed E-state index contributed by atoms with van der Waals surface area (Å²) < 4.78 is 6.53. The van der Waals surface area contributed by atoms with Gasteiger partial charge in [-0.05, 0) is 25.0 Å². The SMILES string of the molecule is c1ccc(CSc2nnc(NCC3CCCO3)s2)nc1. The van der Waals surface area contributed by atoms with Crippen molar-refractivity contribution in [1.82, 2.24) is 15.2 Å². The van der Waals surface area contributed by atoms with Crippen LogP contribution in [0.25, 0.3) is 0 Å². The van der Waals surface area contributed by atoms with E-state index in [2.05, 4.69) is 20.5 Å². The number of hydrogen-bond acceptors (Lipinski definition) is 7. The molecule has 1 aliphatic heterocycles. The van der Waals surface area contributed by atoms with Gasteiger partial charge in [-0.3, -0.25) is 4.98 Å². The van der Waals surface area contributed by atoms with Gasteiger partial charge in [-0.15, -0.1) is 10.2 Å². The maximum atomic E-state index is 5.57. The Morgan fingerprint density at radius 3 is 3.20 bits per heavy atom. The van der Waals surface area contributed by atoms with Crippen molar-refractivity contribution >= 4 is 28.2 Å². The molecule has 106 valence electrons. The van der Waals surface area contributed by atoms with Crippen molar-refractivity contribution in [2.45, 2.75) is 29.0 Å². The third-order valence-corrected chi connectivity index (χ3v) is 5.03. The van der Waals surface area contributed by atoms with Crippen LogP contribution in [0.15, 0.2) is 28.7 Å². The fraction of sp³-hybridized carbons (Fsp3) is 0.462. The molecule has 2 aromatic heterocycles. The van der Waals surface area contributed by atoms with Crippen LogP contribution in [0.1, 0.15) is 18.5 Å². The van der Waals surface area contributed by atoms with Crippen LogP contribution in [-0.4, -0.2) is 34.4 Å². The van der Waals surface area contributed by atoms with E-state index in [4.69, 9.17) is 4.74 Å². The molecule has 7 heteroatoms. The summed E-state index contributed by atoms with van der Waals surface area (Å²) in [6.07, 6.45) is 4.43. The van der Waals surface area contributed by atoms with Crippen LogP contribution < -0.4 is 5.32 Å². The van der Waals surface area contributed by atoms with Crippen molar-refractivity contribution in [2.24, 2.45) is 0 Å². The van der Waals surface area contributed by atoms with E-state index in [0.717, 1.165) is 46.9 Å². The number of aromatic nitrogens is 3.